The molecule has 61 heavy (non-hydrogen) atoms. The largest absolute Gasteiger partial charge is 0.486 e. The van der Waals surface area contributed by atoms with Crippen LogP contribution in [-0.4, -0.2) is 9.13 Å². The number of fused-ring (bicyclic) bond motifs is 6. The molecule has 0 unspecified atom stereocenters. The van der Waals surface area contributed by atoms with Crippen LogP contribution in [0.1, 0.15) is 40.3 Å². The highest BCUT2D eigenvalue weighted by Gasteiger charge is 2.20. The van der Waals surface area contributed by atoms with Gasteiger partial charge in [0, 0.05) is 21.5 Å². The molecule has 4 nitrogen and oxygen atoms in total. The van der Waals surface area contributed by atoms with E-state index in [2.05, 4.69) is 202 Å². The first-order chi connectivity index (χ1) is 29.8. The van der Waals surface area contributed by atoms with Crippen molar-refractivity contribution in [2.45, 2.75) is 47.3 Å². The van der Waals surface area contributed by atoms with Crippen molar-refractivity contribution in [3.05, 3.63) is 212 Å². The number of aromatic nitrogens is 2. The van der Waals surface area contributed by atoms with Crippen molar-refractivity contribution in [2.24, 2.45) is 0 Å². The maximum absolute atomic E-state index is 6.41. The molecule has 0 aliphatic heterocycles. The van der Waals surface area contributed by atoms with E-state index in [1.165, 1.54) is 65.9 Å². The van der Waals surface area contributed by atoms with Gasteiger partial charge in [-0.15, -0.1) is 0 Å². The lowest BCUT2D eigenvalue weighted by Gasteiger charge is -2.17. The van der Waals surface area contributed by atoms with Crippen LogP contribution in [0.15, 0.2) is 179 Å². The Hall–Kier alpha value is -6.08. The second kappa shape index (κ2) is 17.5. The fourth-order valence-electron chi connectivity index (χ4n) is 8.34. The van der Waals surface area contributed by atoms with E-state index >= 15 is 0 Å². The minimum Gasteiger partial charge on any atom is -0.486 e. The fourth-order valence-corrected chi connectivity index (χ4v) is 9.70. The topological polar surface area (TPSA) is 28.3 Å². The zero-order valence-electron chi connectivity index (χ0n) is 34.8. The summed E-state index contributed by atoms with van der Waals surface area (Å²) < 4.78 is 19.4. The van der Waals surface area contributed by atoms with Crippen LogP contribution in [0.4, 0.5) is 0 Å². The average molecular weight is 927 g/mol. The molecule has 6 heteroatoms. The first-order valence-corrected chi connectivity index (χ1v) is 22.3. The van der Waals surface area contributed by atoms with Gasteiger partial charge >= 0.3 is 0 Å². The molecule has 0 amide bonds. The molecular formula is C55H46Br2N2O2. The molecule has 0 saturated carbocycles. The van der Waals surface area contributed by atoms with Gasteiger partial charge < -0.3 is 18.6 Å². The molecule has 0 bridgehead atoms. The van der Waals surface area contributed by atoms with E-state index in [1.807, 2.05) is 36.4 Å². The van der Waals surface area contributed by atoms with Crippen molar-refractivity contribution in [2.75, 3.05) is 0 Å². The van der Waals surface area contributed by atoms with Gasteiger partial charge in [-0.05, 0) is 147 Å². The smallest absolute Gasteiger partial charge is 0.157 e. The van der Waals surface area contributed by atoms with E-state index < -0.39 is 0 Å². The van der Waals surface area contributed by atoms with E-state index in [-0.39, 0.29) is 0 Å². The minimum atomic E-state index is 0.520. The third kappa shape index (κ3) is 8.10. The second-order valence-corrected chi connectivity index (χ2v) is 17.4. The standard InChI is InChI=1S/C28H24BrNO.C27H22BrNO/c1-3-20-13-14-26-23(17-20)22-11-7-8-12-25(22)30(26)27-16-19(2)15-24(29)28(27)31-18-21-9-5-4-6-10-21;1-18-12-13-22-21-10-6-7-11-24(21)29(25(22)15-18)26-16-19(2)14-23(28)27(26)30-17-20-8-4-3-5-9-20/h4-17H,3,18H2,1-2H3;3-16H,17H2,1-2H3. The molecule has 0 spiro atoms. The Bertz CT molecular complexity index is 3190. The monoisotopic (exact) mass is 924 g/mol. The normalized spacial score (nSPS) is 11.3. The van der Waals surface area contributed by atoms with Crippen LogP contribution < -0.4 is 9.47 Å². The highest BCUT2D eigenvalue weighted by atomic mass is 79.9. The first-order valence-electron chi connectivity index (χ1n) is 20.7. The van der Waals surface area contributed by atoms with Crippen LogP contribution in [-0.2, 0) is 19.6 Å². The fraction of sp³-hybridized carbons (Fsp3) is 0.127. The van der Waals surface area contributed by atoms with E-state index in [0.29, 0.717) is 13.2 Å². The molecule has 0 atom stereocenters. The van der Waals surface area contributed by atoms with E-state index in [9.17, 15) is 0 Å². The number of benzene rings is 8. The van der Waals surface area contributed by atoms with E-state index in [0.717, 1.165) is 49.4 Å². The summed E-state index contributed by atoms with van der Waals surface area (Å²) >= 11 is 7.53. The Balaban J connectivity index is 0.000000156. The van der Waals surface area contributed by atoms with Crippen LogP contribution in [0.25, 0.3) is 55.0 Å². The lowest BCUT2D eigenvalue weighted by molar-refractivity contribution is 0.303. The molecule has 0 aliphatic rings. The second-order valence-electron chi connectivity index (χ2n) is 15.7. The van der Waals surface area contributed by atoms with Gasteiger partial charge in [0.15, 0.2) is 11.5 Å². The van der Waals surface area contributed by atoms with E-state index in [1.54, 1.807) is 0 Å². The molecule has 0 radical (unpaired) electrons. The van der Waals surface area contributed by atoms with Gasteiger partial charge in [0.2, 0.25) is 0 Å². The first kappa shape index (κ1) is 40.3. The SMILES string of the molecule is CCc1ccc2c(c1)c1ccccc1n2-c1cc(C)cc(Br)c1OCc1ccccc1.Cc1cc(Br)c(OCc2ccccc2)c(-n2c3ccccc3c3ccc(C)cc32)c1. The van der Waals surface area contributed by atoms with Gasteiger partial charge in [0.25, 0.3) is 0 Å². The predicted molar refractivity (Wildman–Crippen MR) is 262 cm³/mol. The number of ether oxygens (including phenoxy) is 2. The maximum atomic E-state index is 6.41. The number of rotatable bonds is 9. The molecule has 8 aromatic carbocycles. The van der Waals surface area contributed by atoms with Crippen LogP contribution in [0.5, 0.6) is 11.5 Å². The van der Waals surface area contributed by atoms with Gasteiger partial charge in [-0.25, -0.2) is 0 Å². The van der Waals surface area contributed by atoms with Gasteiger partial charge in [-0.1, -0.05) is 122 Å². The summed E-state index contributed by atoms with van der Waals surface area (Å²) in [5, 5.41) is 5.04. The van der Waals surface area contributed by atoms with Crippen LogP contribution >= 0.6 is 31.9 Å². The van der Waals surface area contributed by atoms with Crippen LogP contribution in [0.3, 0.4) is 0 Å². The Morgan fingerprint density at radius 2 is 0.852 bits per heavy atom. The summed E-state index contributed by atoms with van der Waals surface area (Å²) in [4.78, 5) is 0. The molecule has 10 rings (SSSR count). The van der Waals surface area contributed by atoms with Crippen LogP contribution in [0, 0.1) is 20.8 Å². The van der Waals surface area contributed by atoms with Gasteiger partial charge in [0.05, 0.1) is 42.4 Å². The minimum absolute atomic E-state index is 0.520. The molecule has 10 aromatic rings. The van der Waals surface area contributed by atoms with Gasteiger partial charge in [-0.2, -0.15) is 0 Å². The Labute approximate surface area is 374 Å². The lowest BCUT2D eigenvalue weighted by atomic mass is 10.1. The quantitative estimate of drug-likeness (QED) is 0.144. The third-order valence-electron chi connectivity index (χ3n) is 11.2. The molecular weight excluding hydrogens is 880 g/mol. The third-order valence-corrected chi connectivity index (χ3v) is 12.4. The molecule has 302 valence electrons. The van der Waals surface area contributed by atoms with Crippen molar-refractivity contribution in [3.63, 3.8) is 0 Å². The summed E-state index contributed by atoms with van der Waals surface area (Å²) in [6, 6.07) is 59.9. The predicted octanol–water partition coefficient (Wildman–Crippen LogP) is 15.7. The Kier molecular flexibility index (Phi) is 11.6. The number of para-hydroxylation sites is 2. The highest BCUT2D eigenvalue weighted by Crippen LogP contribution is 2.42. The number of hydrogen-bond donors (Lipinski definition) is 0. The lowest BCUT2D eigenvalue weighted by Crippen LogP contribution is -2.03. The maximum Gasteiger partial charge on any atom is 0.157 e. The molecule has 0 aliphatic carbocycles. The van der Waals surface area contributed by atoms with E-state index in [4.69, 9.17) is 9.47 Å². The zero-order valence-corrected chi connectivity index (χ0v) is 37.9. The molecule has 0 saturated heterocycles. The molecule has 2 aromatic heterocycles. The summed E-state index contributed by atoms with van der Waals surface area (Å²) in [6.07, 6.45) is 1.02. The van der Waals surface area contributed by atoms with Crippen molar-refractivity contribution in [1.29, 1.82) is 0 Å². The highest BCUT2D eigenvalue weighted by molar-refractivity contribution is 9.11. The number of nitrogens with zero attached hydrogens (tertiary/aromatic N) is 2. The van der Waals surface area contributed by atoms with Crippen molar-refractivity contribution < 1.29 is 9.47 Å². The van der Waals surface area contributed by atoms with Gasteiger partial charge in [-0.3, -0.25) is 0 Å². The Morgan fingerprint density at radius 1 is 0.393 bits per heavy atom. The molecule has 0 N–H and O–H groups in total. The number of aryl methyl sites for hydroxylation is 4. The summed E-state index contributed by atoms with van der Waals surface area (Å²) in [6.45, 7) is 9.62. The van der Waals surface area contributed by atoms with Crippen molar-refractivity contribution >= 4 is 75.5 Å². The average Bonchev–Trinajstić information content (AvgIpc) is 3.78. The Morgan fingerprint density at radius 3 is 1.39 bits per heavy atom. The number of hydrogen-bond acceptors (Lipinski definition) is 2. The summed E-state index contributed by atoms with van der Waals surface area (Å²) in [5.41, 5.74) is 14.1. The summed E-state index contributed by atoms with van der Waals surface area (Å²) in [5.74, 6) is 1.71. The van der Waals surface area contributed by atoms with Crippen molar-refractivity contribution in [1.82, 2.24) is 9.13 Å². The molecule has 0 fully saturated rings. The summed E-state index contributed by atoms with van der Waals surface area (Å²) in [7, 11) is 0. The zero-order chi connectivity index (χ0) is 42.0. The van der Waals surface area contributed by atoms with Crippen LogP contribution in [0.2, 0.25) is 0 Å². The number of halogens is 2. The molecule has 2 heterocycles. The van der Waals surface area contributed by atoms with Gasteiger partial charge in [0.1, 0.15) is 13.2 Å². The van der Waals surface area contributed by atoms with Crippen molar-refractivity contribution in [3.8, 4) is 22.9 Å².